The molecule has 1 aromatic carbocycles. The van der Waals surface area contributed by atoms with Gasteiger partial charge in [0.2, 0.25) is 0 Å². The Kier molecular flexibility index (Phi) is 6.02. The minimum atomic E-state index is 0.480. The number of benzene rings is 1. The quantitative estimate of drug-likeness (QED) is 0.777. The van der Waals surface area contributed by atoms with E-state index in [9.17, 15) is 0 Å². The zero-order valence-electron chi connectivity index (χ0n) is 12.2. The molecular weight excluding hydrogens is 332 g/mol. The number of nitrogens with zero attached hydrogens (tertiary/aromatic N) is 1. The van der Waals surface area contributed by atoms with Crippen LogP contribution in [-0.2, 0) is 6.54 Å². The van der Waals surface area contributed by atoms with Crippen molar-refractivity contribution in [2.45, 2.75) is 13.5 Å². The normalized spacial score (nSPS) is 10.4. The molecule has 0 saturated carbocycles. The van der Waals surface area contributed by atoms with E-state index < -0.39 is 0 Å². The van der Waals surface area contributed by atoms with E-state index in [1.807, 2.05) is 50.4 Å². The molecule has 1 heterocycles. The fraction of sp³-hybridized carbons (Fsp3) is 0.312. The van der Waals surface area contributed by atoms with Crippen LogP contribution in [0.2, 0.25) is 0 Å². The number of hydrogen-bond acceptors (Lipinski definition) is 4. The van der Waals surface area contributed by atoms with Gasteiger partial charge in [0.05, 0.1) is 5.69 Å². The standard InChI is InChI=1S/C16H19BrN2O2/c1-12-6-7-16(15(19-12)11-18-2)21-9-8-20-14-5-3-4-13(17)10-14/h3-7,10,18H,8-9,11H2,1-2H3. The fourth-order valence-electron chi connectivity index (χ4n) is 1.89. The molecule has 21 heavy (non-hydrogen) atoms. The van der Waals surface area contributed by atoms with Crippen molar-refractivity contribution in [3.8, 4) is 11.5 Å². The van der Waals surface area contributed by atoms with Gasteiger partial charge in [-0.15, -0.1) is 0 Å². The lowest BCUT2D eigenvalue weighted by Gasteiger charge is -2.12. The van der Waals surface area contributed by atoms with Gasteiger partial charge in [0.1, 0.15) is 24.7 Å². The Hall–Kier alpha value is -1.59. The monoisotopic (exact) mass is 350 g/mol. The van der Waals surface area contributed by atoms with Crippen molar-refractivity contribution < 1.29 is 9.47 Å². The Bertz CT molecular complexity index is 590. The molecule has 0 fully saturated rings. The van der Waals surface area contributed by atoms with Gasteiger partial charge in [-0.3, -0.25) is 4.98 Å². The summed E-state index contributed by atoms with van der Waals surface area (Å²) in [6.07, 6.45) is 0. The van der Waals surface area contributed by atoms with Gasteiger partial charge in [-0.25, -0.2) is 0 Å². The molecule has 5 heteroatoms. The van der Waals surface area contributed by atoms with Gasteiger partial charge < -0.3 is 14.8 Å². The minimum absolute atomic E-state index is 0.480. The molecule has 0 bridgehead atoms. The second-order valence-electron chi connectivity index (χ2n) is 4.58. The smallest absolute Gasteiger partial charge is 0.142 e. The number of rotatable bonds is 7. The highest BCUT2D eigenvalue weighted by Gasteiger charge is 2.05. The first kappa shape index (κ1) is 15.8. The molecule has 2 aromatic rings. The molecule has 2 rings (SSSR count). The topological polar surface area (TPSA) is 43.4 Å². The van der Waals surface area contributed by atoms with E-state index in [0.717, 1.165) is 27.4 Å². The summed E-state index contributed by atoms with van der Waals surface area (Å²) in [5, 5.41) is 3.10. The summed E-state index contributed by atoms with van der Waals surface area (Å²) < 4.78 is 12.4. The summed E-state index contributed by atoms with van der Waals surface area (Å²) in [6.45, 7) is 3.63. The lowest BCUT2D eigenvalue weighted by Crippen LogP contribution is -2.13. The first-order valence-electron chi connectivity index (χ1n) is 6.81. The number of ether oxygens (including phenoxy) is 2. The highest BCUT2D eigenvalue weighted by Crippen LogP contribution is 2.19. The van der Waals surface area contributed by atoms with Crippen LogP contribution < -0.4 is 14.8 Å². The predicted molar refractivity (Wildman–Crippen MR) is 86.9 cm³/mol. The van der Waals surface area contributed by atoms with E-state index in [2.05, 4.69) is 26.2 Å². The highest BCUT2D eigenvalue weighted by atomic mass is 79.9. The van der Waals surface area contributed by atoms with Gasteiger partial charge in [0.25, 0.3) is 0 Å². The maximum absolute atomic E-state index is 5.76. The van der Waals surface area contributed by atoms with Crippen LogP contribution >= 0.6 is 15.9 Å². The number of halogens is 1. The minimum Gasteiger partial charge on any atom is -0.490 e. The molecule has 0 aliphatic carbocycles. The molecule has 112 valence electrons. The summed E-state index contributed by atoms with van der Waals surface area (Å²) in [5.41, 5.74) is 1.90. The van der Waals surface area contributed by atoms with Gasteiger partial charge >= 0.3 is 0 Å². The molecule has 0 radical (unpaired) electrons. The Morgan fingerprint density at radius 1 is 1.14 bits per heavy atom. The molecule has 0 aliphatic heterocycles. The predicted octanol–water partition coefficient (Wildman–Crippen LogP) is 3.33. The van der Waals surface area contributed by atoms with Gasteiger partial charge in [-0.05, 0) is 44.3 Å². The second-order valence-corrected chi connectivity index (χ2v) is 5.50. The van der Waals surface area contributed by atoms with Crippen LogP contribution in [0.5, 0.6) is 11.5 Å². The zero-order valence-corrected chi connectivity index (χ0v) is 13.8. The maximum atomic E-state index is 5.76. The SMILES string of the molecule is CNCc1nc(C)ccc1OCCOc1cccc(Br)c1. The Balaban J connectivity index is 1.86. The van der Waals surface area contributed by atoms with Crippen molar-refractivity contribution in [1.29, 1.82) is 0 Å². The van der Waals surface area contributed by atoms with Crippen LogP contribution in [0.4, 0.5) is 0 Å². The van der Waals surface area contributed by atoms with Crippen LogP contribution in [0.15, 0.2) is 40.9 Å². The number of aromatic nitrogens is 1. The average molecular weight is 351 g/mol. The van der Waals surface area contributed by atoms with Crippen molar-refractivity contribution in [3.05, 3.63) is 52.3 Å². The molecule has 0 aliphatic rings. The summed E-state index contributed by atoms with van der Waals surface area (Å²) in [5.74, 6) is 1.62. The Labute approximate surface area is 133 Å². The highest BCUT2D eigenvalue weighted by molar-refractivity contribution is 9.10. The molecular formula is C16H19BrN2O2. The van der Waals surface area contributed by atoms with Crippen molar-refractivity contribution in [2.75, 3.05) is 20.3 Å². The van der Waals surface area contributed by atoms with Gasteiger partial charge in [0, 0.05) is 16.7 Å². The largest absolute Gasteiger partial charge is 0.490 e. The molecule has 0 atom stereocenters. The summed E-state index contributed by atoms with van der Waals surface area (Å²) >= 11 is 3.41. The molecule has 0 spiro atoms. The van der Waals surface area contributed by atoms with Crippen molar-refractivity contribution in [3.63, 3.8) is 0 Å². The van der Waals surface area contributed by atoms with Crippen LogP contribution in [0.3, 0.4) is 0 Å². The van der Waals surface area contributed by atoms with E-state index in [4.69, 9.17) is 9.47 Å². The van der Waals surface area contributed by atoms with E-state index in [-0.39, 0.29) is 0 Å². The van der Waals surface area contributed by atoms with Gasteiger partial charge in [-0.1, -0.05) is 22.0 Å². The Morgan fingerprint density at radius 3 is 2.71 bits per heavy atom. The van der Waals surface area contributed by atoms with Crippen LogP contribution in [0.1, 0.15) is 11.4 Å². The van der Waals surface area contributed by atoms with Gasteiger partial charge in [0.15, 0.2) is 0 Å². The van der Waals surface area contributed by atoms with Crippen molar-refractivity contribution in [2.24, 2.45) is 0 Å². The van der Waals surface area contributed by atoms with Crippen LogP contribution in [0.25, 0.3) is 0 Å². The third-order valence-electron chi connectivity index (χ3n) is 2.82. The van der Waals surface area contributed by atoms with Crippen LogP contribution in [-0.4, -0.2) is 25.2 Å². The summed E-state index contributed by atoms with van der Waals surface area (Å²) in [6, 6.07) is 11.7. The van der Waals surface area contributed by atoms with E-state index >= 15 is 0 Å². The fourth-order valence-corrected chi connectivity index (χ4v) is 2.27. The molecule has 1 N–H and O–H groups in total. The number of pyridine rings is 1. The van der Waals surface area contributed by atoms with Crippen molar-refractivity contribution in [1.82, 2.24) is 10.3 Å². The summed E-state index contributed by atoms with van der Waals surface area (Å²) in [7, 11) is 1.89. The first-order chi connectivity index (χ1) is 10.2. The third kappa shape index (κ3) is 5.02. The van der Waals surface area contributed by atoms with Gasteiger partial charge in [-0.2, -0.15) is 0 Å². The third-order valence-corrected chi connectivity index (χ3v) is 3.31. The molecule has 0 unspecified atom stereocenters. The average Bonchev–Trinajstić information content (AvgIpc) is 2.46. The molecule has 1 aromatic heterocycles. The number of hydrogen-bond donors (Lipinski definition) is 1. The maximum Gasteiger partial charge on any atom is 0.142 e. The lowest BCUT2D eigenvalue weighted by atomic mass is 10.3. The molecule has 0 amide bonds. The van der Waals surface area contributed by atoms with Crippen molar-refractivity contribution >= 4 is 15.9 Å². The zero-order chi connectivity index (χ0) is 15.1. The lowest BCUT2D eigenvalue weighted by molar-refractivity contribution is 0.215. The van der Waals surface area contributed by atoms with E-state index in [1.165, 1.54) is 0 Å². The Morgan fingerprint density at radius 2 is 1.95 bits per heavy atom. The number of aryl methyl sites for hydroxylation is 1. The van der Waals surface area contributed by atoms with Crippen LogP contribution in [0, 0.1) is 6.92 Å². The van der Waals surface area contributed by atoms with E-state index in [0.29, 0.717) is 19.8 Å². The molecule has 4 nitrogen and oxygen atoms in total. The summed E-state index contributed by atoms with van der Waals surface area (Å²) in [4.78, 5) is 4.48. The second kappa shape index (κ2) is 8.00. The number of nitrogens with one attached hydrogen (secondary N) is 1. The molecule has 0 saturated heterocycles. The van der Waals surface area contributed by atoms with E-state index in [1.54, 1.807) is 0 Å². The first-order valence-corrected chi connectivity index (χ1v) is 7.60.